The average molecular weight is 330 g/mol. The number of hydrogen-bond donors (Lipinski definition) is 0. The summed E-state index contributed by atoms with van der Waals surface area (Å²) in [7, 11) is -1.86. The Balaban J connectivity index is 2.18. The molecule has 0 saturated carbocycles. The summed E-state index contributed by atoms with van der Waals surface area (Å²) in [6, 6.07) is 9.48. The van der Waals surface area contributed by atoms with Crippen LogP contribution in [0.1, 0.15) is 16.0 Å². The molecule has 20 heavy (non-hydrogen) atoms. The lowest BCUT2D eigenvalue weighted by atomic mass is 10.1. The molecule has 1 aromatic carbocycles. The zero-order chi connectivity index (χ0) is 14.8. The predicted octanol–water partition coefficient (Wildman–Crippen LogP) is 3.62. The Bertz CT molecular complexity index is 677. The van der Waals surface area contributed by atoms with E-state index in [1.54, 1.807) is 18.5 Å². The molecule has 0 bridgehead atoms. The molecule has 0 saturated heterocycles. The SMILES string of the molecule is Cc1ccc(CN(C)S(=O)(=O)c2csc(CCl)c2)cc1. The Morgan fingerprint density at radius 3 is 2.45 bits per heavy atom. The van der Waals surface area contributed by atoms with Gasteiger partial charge in [0.25, 0.3) is 0 Å². The molecule has 6 heteroatoms. The summed E-state index contributed by atoms with van der Waals surface area (Å²) in [5.74, 6) is 0.335. The van der Waals surface area contributed by atoms with E-state index >= 15 is 0 Å². The van der Waals surface area contributed by atoms with E-state index in [0.717, 1.165) is 16.0 Å². The molecule has 0 unspecified atom stereocenters. The topological polar surface area (TPSA) is 37.4 Å². The largest absolute Gasteiger partial charge is 0.243 e. The van der Waals surface area contributed by atoms with Crippen molar-refractivity contribution in [2.24, 2.45) is 0 Å². The summed E-state index contributed by atoms with van der Waals surface area (Å²) in [6.45, 7) is 2.36. The predicted molar refractivity (Wildman–Crippen MR) is 83.7 cm³/mol. The van der Waals surface area contributed by atoms with Crippen LogP contribution in [-0.2, 0) is 22.4 Å². The van der Waals surface area contributed by atoms with Gasteiger partial charge in [-0.1, -0.05) is 29.8 Å². The van der Waals surface area contributed by atoms with Crippen molar-refractivity contribution in [3.63, 3.8) is 0 Å². The fraction of sp³-hybridized carbons (Fsp3) is 0.286. The normalized spacial score (nSPS) is 12.0. The molecule has 2 rings (SSSR count). The van der Waals surface area contributed by atoms with Gasteiger partial charge in [0.05, 0.1) is 10.8 Å². The Hall–Kier alpha value is -0.880. The number of sulfonamides is 1. The van der Waals surface area contributed by atoms with E-state index in [0.29, 0.717) is 17.3 Å². The van der Waals surface area contributed by atoms with Crippen molar-refractivity contribution < 1.29 is 8.42 Å². The van der Waals surface area contributed by atoms with E-state index < -0.39 is 10.0 Å². The molecule has 0 aliphatic heterocycles. The summed E-state index contributed by atoms with van der Waals surface area (Å²) in [5.41, 5.74) is 2.12. The first-order valence-electron chi connectivity index (χ1n) is 6.09. The van der Waals surface area contributed by atoms with Crippen molar-refractivity contribution >= 4 is 33.0 Å². The van der Waals surface area contributed by atoms with Crippen molar-refractivity contribution in [2.45, 2.75) is 24.2 Å². The van der Waals surface area contributed by atoms with Crippen LogP contribution in [0.5, 0.6) is 0 Å². The van der Waals surface area contributed by atoms with Crippen LogP contribution in [0.25, 0.3) is 0 Å². The Labute approximate surface area is 128 Å². The zero-order valence-electron chi connectivity index (χ0n) is 11.3. The number of rotatable bonds is 5. The van der Waals surface area contributed by atoms with Gasteiger partial charge in [0.1, 0.15) is 0 Å². The van der Waals surface area contributed by atoms with Crippen LogP contribution in [0.4, 0.5) is 0 Å². The van der Waals surface area contributed by atoms with Gasteiger partial charge in [0, 0.05) is 23.8 Å². The van der Waals surface area contributed by atoms with Gasteiger partial charge >= 0.3 is 0 Å². The summed E-state index contributed by atoms with van der Waals surface area (Å²) in [6.07, 6.45) is 0. The van der Waals surface area contributed by atoms with Crippen molar-refractivity contribution in [1.29, 1.82) is 0 Å². The Kier molecular flexibility index (Phi) is 4.86. The molecular formula is C14H16ClNO2S2. The van der Waals surface area contributed by atoms with Gasteiger partial charge in [-0.15, -0.1) is 22.9 Å². The molecule has 0 aliphatic rings. The monoisotopic (exact) mass is 329 g/mol. The molecule has 0 amide bonds. The van der Waals surface area contributed by atoms with Crippen molar-refractivity contribution in [3.05, 3.63) is 51.7 Å². The molecule has 0 N–H and O–H groups in total. The number of nitrogens with zero attached hydrogens (tertiary/aromatic N) is 1. The smallest absolute Gasteiger partial charge is 0.207 e. The number of thiophene rings is 1. The highest BCUT2D eigenvalue weighted by Gasteiger charge is 2.22. The van der Waals surface area contributed by atoms with Gasteiger partial charge in [-0.25, -0.2) is 8.42 Å². The third-order valence-corrected chi connectivity index (χ3v) is 6.31. The van der Waals surface area contributed by atoms with Crippen LogP contribution in [0.2, 0.25) is 0 Å². The van der Waals surface area contributed by atoms with E-state index in [1.807, 2.05) is 31.2 Å². The van der Waals surface area contributed by atoms with E-state index in [2.05, 4.69) is 0 Å². The average Bonchev–Trinajstić information content (AvgIpc) is 2.90. The van der Waals surface area contributed by atoms with Crippen LogP contribution < -0.4 is 0 Å². The molecule has 3 nitrogen and oxygen atoms in total. The number of halogens is 1. The minimum atomic E-state index is -3.45. The van der Waals surface area contributed by atoms with Gasteiger partial charge in [0.2, 0.25) is 10.0 Å². The summed E-state index contributed by atoms with van der Waals surface area (Å²) in [5, 5.41) is 1.64. The highest BCUT2D eigenvalue weighted by atomic mass is 35.5. The van der Waals surface area contributed by atoms with Gasteiger partial charge in [-0.3, -0.25) is 0 Å². The van der Waals surface area contributed by atoms with Crippen LogP contribution in [0.3, 0.4) is 0 Å². The molecule has 1 aromatic heterocycles. The highest BCUT2D eigenvalue weighted by Crippen LogP contribution is 2.24. The van der Waals surface area contributed by atoms with Gasteiger partial charge < -0.3 is 0 Å². The minimum Gasteiger partial charge on any atom is -0.207 e. The summed E-state index contributed by atoms with van der Waals surface area (Å²) in [4.78, 5) is 1.17. The first-order valence-corrected chi connectivity index (χ1v) is 8.94. The molecule has 2 aromatic rings. The molecular weight excluding hydrogens is 314 g/mol. The number of hydrogen-bond acceptors (Lipinski definition) is 3. The Morgan fingerprint density at radius 2 is 1.90 bits per heavy atom. The first-order chi connectivity index (χ1) is 9.43. The third-order valence-electron chi connectivity index (χ3n) is 3.00. The van der Waals surface area contributed by atoms with Crippen LogP contribution >= 0.6 is 22.9 Å². The van der Waals surface area contributed by atoms with Crippen molar-refractivity contribution in [3.8, 4) is 0 Å². The second-order valence-corrected chi connectivity index (χ2v) is 7.94. The van der Waals surface area contributed by atoms with Gasteiger partial charge in [0.15, 0.2) is 0 Å². The van der Waals surface area contributed by atoms with E-state index in [9.17, 15) is 8.42 Å². The van der Waals surface area contributed by atoms with Gasteiger partial charge in [-0.05, 0) is 18.6 Å². The Morgan fingerprint density at radius 1 is 1.25 bits per heavy atom. The molecule has 0 fully saturated rings. The van der Waals surface area contributed by atoms with E-state index in [4.69, 9.17) is 11.6 Å². The maximum atomic E-state index is 12.4. The quantitative estimate of drug-likeness (QED) is 0.786. The molecule has 0 radical (unpaired) electrons. The van der Waals surface area contributed by atoms with Crippen molar-refractivity contribution in [1.82, 2.24) is 4.31 Å². The van der Waals surface area contributed by atoms with Crippen LogP contribution in [0.15, 0.2) is 40.6 Å². The number of alkyl halides is 1. The zero-order valence-corrected chi connectivity index (χ0v) is 13.7. The molecule has 108 valence electrons. The summed E-state index contributed by atoms with van der Waals surface area (Å²) >= 11 is 7.08. The lowest BCUT2D eigenvalue weighted by Crippen LogP contribution is -2.26. The second-order valence-electron chi connectivity index (χ2n) is 4.63. The van der Waals surface area contributed by atoms with Crippen molar-refractivity contribution in [2.75, 3.05) is 7.05 Å². The number of aryl methyl sites for hydroxylation is 1. The highest BCUT2D eigenvalue weighted by molar-refractivity contribution is 7.89. The van der Waals surface area contributed by atoms with Crippen LogP contribution in [0, 0.1) is 6.92 Å². The lowest BCUT2D eigenvalue weighted by Gasteiger charge is -2.16. The van der Waals surface area contributed by atoms with E-state index in [1.165, 1.54) is 15.6 Å². The standard InChI is InChI=1S/C14H16ClNO2S2/c1-11-3-5-12(6-4-11)9-16(2)20(17,18)14-7-13(8-15)19-10-14/h3-7,10H,8-9H2,1-2H3. The fourth-order valence-electron chi connectivity index (χ4n) is 1.78. The van der Waals surface area contributed by atoms with Gasteiger partial charge in [-0.2, -0.15) is 4.31 Å². The molecule has 1 heterocycles. The molecule has 0 aliphatic carbocycles. The first kappa shape index (κ1) is 15.5. The second kappa shape index (κ2) is 6.26. The van der Waals surface area contributed by atoms with E-state index in [-0.39, 0.29) is 0 Å². The molecule has 0 spiro atoms. The third kappa shape index (κ3) is 3.41. The minimum absolute atomic E-state index is 0.313. The maximum Gasteiger partial charge on any atom is 0.243 e. The summed E-state index contributed by atoms with van der Waals surface area (Å²) < 4.78 is 26.2. The number of benzene rings is 1. The van der Waals surface area contributed by atoms with Crippen LogP contribution in [-0.4, -0.2) is 19.8 Å². The fourth-order valence-corrected chi connectivity index (χ4v) is 4.32. The maximum absolute atomic E-state index is 12.4. The molecule has 0 atom stereocenters. The lowest BCUT2D eigenvalue weighted by molar-refractivity contribution is 0.467.